The third kappa shape index (κ3) is 3.88. The van der Waals surface area contributed by atoms with E-state index in [1.165, 1.54) is 12.1 Å². The molecule has 1 saturated heterocycles. The number of hydrogen-bond acceptors (Lipinski definition) is 1. The van der Waals surface area contributed by atoms with Gasteiger partial charge in [-0.2, -0.15) is 13.2 Å². The Bertz CT molecular complexity index is 691. The van der Waals surface area contributed by atoms with E-state index in [-0.39, 0.29) is 5.92 Å². The topological polar surface area (TPSA) is 12.0 Å². The average Bonchev–Trinajstić information content (AvgIpc) is 2.54. The van der Waals surface area contributed by atoms with Crippen molar-refractivity contribution >= 4 is 11.6 Å². The Morgan fingerprint density at radius 2 is 1.70 bits per heavy atom. The first-order valence-electron chi connectivity index (χ1n) is 7.62. The van der Waals surface area contributed by atoms with Gasteiger partial charge in [0.15, 0.2) is 0 Å². The molecule has 1 N–H and O–H groups in total. The van der Waals surface area contributed by atoms with Crippen molar-refractivity contribution in [3.63, 3.8) is 0 Å². The molecule has 0 saturated carbocycles. The molecular formula is C18H17ClF3N. The van der Waals surface area contributed by atoms with Crippen LogP contribution in [-0.4, -0.2) is 13.1 Å². The van der Waals surface area contributed by atoms with Crippen LogP contribution in [0.5, 0.6) is 0 Å². The molecule has 1 heterocycles. The van der Waals surface area contributed by atoms with E-state index in [2.05, 4.69) is 5.32 Å². The molecule has 1 aliphatic heterocycles. The second-order valence-electron chi connectivity index (χ2n) is 5.88. The summed E-state index contributed by atoms with van der Waals surface area (Å²) < 4.78 is 39.8. The van der Waals surface area contributed by atoms with Gasteiger partial charge in [-0.3, -0.25) is 0 Å². The summed E-state index contributed by atoms with van der Waals surface area (Å²) in [7, 11) is 0. The van der Waals surface area contributed by atoms with E-state index >= 15 is 0 Å². The third-order valence-electron chi connectivity index (χ3n) is 4.25. The highest BCUT2D eigenvalue weighted by atomic mass is 35.5. The van der Waals surface area contributed by atoms with Gasteiger partial charge in [-0.15, -0.1) is 0 Å². The molecule has 0 atom stereocenters. The fraction of sp³-hybridized carbons (Fsp3) is 0.333. The van der Waals surface area contributed by atoms with E-state index in [0.29, 0.717) is 16.1 Å². The molecule has 0 amide bonds. The van der Waals surface area contributed by atoms with Crippen molar-refractivity contribution < 1.29 is 13.2 Å². The van der Waals surface area contributed by atoms with Gasteiger partial charge in [0.1, 0.15) is 0 Å². The highest BCUT2D eigenvalue weighted by molar-refractivity contribution is 6.30. The standard InChI is InChI=1S/C18H17ClF3N/c19-17-3-1-2-13(11-17)15-8-14(12-4-6-23-7-5-12)9-16(10-15)18(20,21)22/h1-3,8-12,23H,4-7H2. The van der Waals surface area contributed by atoms with E-state index in [1.54, 1.807) is 24.3 Å². The van der Waals surface area contributed by atoms with Gasteiger partial charge in [-0.1, -0.05) is 29.8 Å². The number of piperidine rings is 1. The van der Waals surface area contributed by atoms with Crippen molar-refractivity contribution in [2.45, 2.75) is 24.9 Å². The molecule has 2 aromatic carbocycles. The summed E-state index contributed by atoms with van der Waals surface area (Å²) in [5.41, 5.74) is 1.44. The van der Waals surface area contributed by atoms with Gasteiger partial charge in [-0.25, -0.2) is 0 Å². The van der Waals surface area contributed by atoms with E-state index in [1.807, 2.05) is 6.07 Å². The summed E-state index contributed by atoms with van der Waals surface area (Å²) in [6.07, 6.45) is -2.64. The minimum absolute atomic E-state index is 0.163. The molecule has 1 nitrogen and oxygen atoms in total. The molecule has 23 heavy (non-hydrogen) atoms. The lowest BCUT2D eigenvalue weighted by atomic mass is 9.87. The van der Waals surface area contributed by atoms with Crippen molar-refractivity contribution in [1.82, 2.24) is 5.32 Å². The molecule has 0 aromatic heterocycles. The number of hydrogen-bond donors (Lipinski definition) is 1. The SMILES string of the molecule is FC(F)(F)c1cc(-c2cccc(Cl)c2)cc(C2CCNCC2)c1. The van der Waals surface area contributed by atoms with Gasteiger partial charge in [0.25, 0.3) is 0 Å². The quantitative estimate of drug-likeness (QED) is 0.762. The molecule has 0 unspecified atom stereocenters. The minimum atomic E-state index is -4.35. The van der Waals surface area contributed by atoms with Crippen LogP contribution in [0.25, 0.3) is 11.1 Å². The second-order valence-corrected chi connectivity index (χ2v) is 6.31. The van der Waals surface area contributed by atoms with Gasteiger partial charge in [0.05, 0.1) is 5.56 Å². The first-order chi connectivity index (χ1) is 10.9. The van der Waals surface area contributed by atoms with E-state index in [9.17, 15) is 13.2 Å². The van der Waals surface area contributed by atoms with Crippen molar-refractivity contribution in [2.75, 3.05) is 13.1 Å². The van der Waals surface area contributed by atoms with E-state index < -0.39 is 11.7 Å². The highest BCUT2D eigenvalue weighted by Crippen LogP contribution is 2.37. The van der Waals surface area contributed by atoms with E-state index in [0.717, 1.165) is 31.5 Å². The fourth-order valence-corrected chi connectivity index (χ4v) is 3.23. The molecule has 122 valence electrons. The highest BCUT2D eigenvalue weighted by Gasteiger charge is 2.32. The average molecular weight is 340 g/mol. The van der Waals surface area contributed by atoms with Crippen LogP contribution in [-0.2, 0) is 6.18 Å². The van der Waals surface area contributed by atoms with Crippen LogP contribution < -0.4 is 5.32 Å². The van der Waals surface area contributed by atoms with Gasteiger partial charge in [0, 0.05) is 5.02 Å². The summed E-state index contributed by atoms with van der Waals surface area (Å²) in [6, 6.07) is 11.3. The number of benzene rings is 2. The molecule has 0 aliphatic carbocycles. The summed E-state index contributed by atoms with van der Waals surface area (Å²) in [6.45, 7) is 1.68. The maximum Gasteiger partial charge on any atom is 0.416 e. The Balaban J connectivity index is 2.08. The normalized spacial score (nSPS) is 16.5. The van der Waals surface area contributed by atoms with Crippen LogP contribution in [0.2, 0.25) is 5.02 Å². The van der Waals surface area contributed by atoms with Crippen LogP contribution in [0.3, 0.4) is 0 Å². The molecule has 0 radical (unpaired) electrons. The molecular weight excluding hydrogens is 323 g/mol. The Hall–Kier alpha value is -1.52. The third-order valence-corrected chi connectivity index (χ3v) is 4.49. The number of halogens is 4. The van der Waals surface area contributed by atoms with Crippen LogP contribution in [0.4, 0.5) is 13.2 Å². The summed E-state index contributed by atoms with van der Waals surface area (Å²) in [5, 5.41) is 3.76. The second kappa shape index (κ2) is 6.54. The van der Waals surface area contributed by atoms with Crippen molar-refractivity contribution in [2.24, 2.45) is 0 Å². The molecule has 3 rings (SSSR count). The Kier molecular flexibility index (Phi) is 4.64. The lowest BCUT2D eigenvalue weighted by Gasteiger charge is -2.24. The van der Waals surface area contributed by atoms with Crippen molar-refractivity contribution in [1.29, 1.82) is 0 Å². The Morgan fingerprint density at radius 3 is 2.35 bits per heavy atom. The molecule has 0 spiro atoms. The smallest absolute Gasteiger partial charge is 0.317 e. The monoisotopic (exact) mass is 339 g/mol. The molecule has 2 aromatic rings. The predicted octanol–water partition coefficient (Wildman–Crippen LogP) is 5.49. The number of nitrogens with one attached hydrogen (secondary N) is 1. The zero-order valence-electron chi connectivity index (χ0n) is 12.5. The van der Waals surface area contributed by atoms with Crippen LogP contribution >= 0.6 is 11.6 Å². The van der Waals surface area contributed by atoms with Gasteiger partial charge in [0.2, 0.25) is 0 Å². The van der Waals surface area contributed by atoms with Gasteiger partial charge >= 0.3 is 6.18 Å². The summed E-state index contributed by atoms with van der Waals surface area (Å²) in [4.78, 5) is 0. The van der Waals surface area contributed by atoms with Gasteiger partial charge < -0.3 is 5.32 Å². The summed E-state index contributed by atoms with van der Waals surface area (Å²) >= 11 is 5.98. The maximum atomic E-state index is 13.3. The number of rotatable bonds is 2. The zero-order chi connectivity index (χ0) is 16.4. The van der Waals surface area contributed by atoms with Crippen LogP contribution in [0.15, 0.2) is 42.5 Å². The zero-order valence-corrected chi connectivity index (χ0v) is 13.2. The summed E-state index contributed by atoms with van der Waals surface area (Å²) in [5.74, 6) is 0.163. The first kappa shape index (κ1) is 16.3. The van der Waals surface area contributed by atoms with Gasteiger partial charge in [-0.05, 0) is 72.8 Å². The lowest BCUT2D eigenvalue weighted by Crippen LogP contribution is -2.26. The Labute approximate surface area is 138 Å². The van der Waals surface area contributed by atoms with Crippen molar-refractivity contribution in [3.8, 4) is 11.1 Å². The lowest BCUT2D eigenvalue weighted by molar-refractivity contribution is -0.137. The molecule has 5 heteroatoms. The fourth-order valence-electron chi connectivity index (χ4n) is 3.04. The molecule has 1 fully saturated rings. The van der Waals surface area contributed by atoms with Crippen molar-refractivity contribution in [3.05, 3.63) is 58.6 Å². The van der Waals surface area contributed by atoms with Crippen LogP contribution in [0.1, 0.15) is 29.9 Å². The minimum Gasteiger partial charge on any atom is -0.317 e. The molecule has 1 aliphatic rings. The Morgan fingerprint density at radius 1 is 0.957 bits per heavy atom. The van der Waals surface area contributed by atoms with E-state index in [4.69, 9.17) is 11.6 Å². The van der Waals surface area contributed by atoms with Crippen LogP contribution in [0, 0.1) is 0 Å². The number of alkyl halides is 3. The first-order valence-corrected chi connectivity index (χ1v) is 8.00. The molecule has 0 bridgehead atoms. The largest absolute Gasteiger partial charge is 0.416 e. The predicted molar refractivity (Wildman–Crippen MR) is 86.7 cm³/mol. The maximum absolute atomic E-state index is 13.3.